The SMILES string of the molecule is O=C(NCc1cccc(F)c1)N1CCN(Cc2ccccc2)CC1. The molecule has 4 nitrogen and oxygen atoms in total. The molecule has 1 aliphatic rings. The predicted molar refractivity (Wildman–Crippen MR) is 91.9 cm³/mol. The molecule has 1 heterocycles. The van der Waals surface area contributed by atoms with Crippen LogP contribution >= 0.6 is 0 Å². The van der Waals surface area contributed by atoms with Gasteiger partial charge >= 0.3 is 6.03 Å². The predicted octanol–water partition coefficient (Wildman–Crippen LogP) is 2.85. The van der Waals surface area contributed by atoms with Crippen molar-refractivity contribution in [1.82, 2.24) is 15.1 Å². The van der Waals surface area contributed by atoms with Gasteiger partial charge in [0, 0.05) is 39.3 Å². The quantitative estimate of drug-likeness (QED) is 0.937. The van der Waals surface area contributed by atoms with Gasteiger partial charge in [-0.3, -0.25) is 4.90 Å². The number of hydrogen-bond acceptors (Lipinski definition) is 2. The van der Waals surface area contributed by atoms with Crippen molar-refractivity contribution < 1.29 is 9.18 Å². The molecule has 2 amide bonds. The normalized spacial score (nSPS) is 15.3. The molecule has 0 bridgehead atoms. The molecule has 0 saturated carbocycles. The average molecular weight is 327 g/mol. The summed E-state index contributed by atoms with van der Waals surface area (Å²) in [6, 6.07) is 16.6. The summed E-state index contributed by atoms with van der Waals surface area (Å²) in [7, 11) is 0. The zero-order valence-corrected chi connectivity index (χ0v) is 13.6. The fourth-order valence-electron chi connectivity index (χ4n) is 2.89. The van der Waals surface area contributed by atoms with Gasteiger partial charge in [-0.15, -0.1) is 0 Å². The van der Waals surface area contributed by atoms with E-state index in [4.69, 9.17) is 0 Å². The second-order valence-corrected chi connectivity index (χ2v) is 6.04. The van der Waals surface area contributed by atoms with E-state index < -0.39 is 0 Å². The van der Waals surface area contributed by atoms with Crippen molar-refractivity contribution in [3.63, 3.8) is 0 Å². The molecule has 0 unspecified atom stereocenters. The van der Waals surface area contributed by atoms with E-state index >= 15 is 0 Å². The molecule has 1 fully saturated rings. The molecule has 3 rings (SSSR count). The van der Waals surface area contributed by atoms with Gasteiger partial charge < -0.3 is 10.2 Å². The summed E-state index contributed by atoms with van der Waals surface area (Å²) in [6.45, 7) is 4.41. The summed E-state index contributed by atoms with van der Waals surface area (Å²) in [6.07, 6.45) is 0. The Bertz CT molecular complexity index is 669. The summed E-state index contributed by atoms with van der Waals surface area (Å²) in [5.41, 5.74) is 2.06. The van der Waals surface area contributed by atoms with Crippen LogP contribution in [0.2, 0.25) is 0 Å². The number of halogens is 1. The summed E-state index contributed by atoms with van der Waals surface area (Å²) < 4.78 is 13.1. The van der Waals surface area contributed by atoms with Crippen molar-refractivity contribution in [2.45, 2.75) is 13.1 Å². The van der Waals surface area contributed by atoms with Gasteiger partial charge in [0.2, 0.25) is 0 Å². The Morgan fingerprint density at radius 3 is 2.38 bits per heavy atom. The van der Waals surface area contributed by atoms with Gasteiger partial charge in [0.05, 0.1) is 0 Å². The Morgan fingerprint density at radius 2 is 1.67 bits per heavy atom. The maximum atomic E-state index is 13.1. The second kappa shape index (κ2) is 7.93. The molecule has 0 radical (unpaired) electrons. The number of carbonyl (C=O) groups is 1. The molecule has 1 N–H and O–H groups in total. The van der Waals surface area contributed by atoms with Crippen LogP contribution in [0.25, 0.3) is 0 Å². The number of urea groups is 1. The second-order valence-electron chi connectivity index (χ2n) is 6.04. The van der Waals surface area contributed by atoms with Crippen molar-refractivity contribution >= 4 is 6.03 Å². The minimum Gasteiger partial charge on any atom is -0.334 e. The fourth-order valence-corrected chi connectivity index (χ4v) is 2.89. The van der Waals surface area contributed by atoms with Gasteiger partial charge in [-0.1, -0.05) is 42.5 Å². The van der Waals surface area contributed by atoms with E-state index in [1.165, 1.54) is 17.7 Å². The highest BCUT2D eigenvalue weighted by Gasteiger charge is 2.20. The Morgan fingerprint density at radius 1 is 0.958 bits per heavy atom. The van der Waals surface area contributed by atoms with Crippen LogP contribution in [0, 0.1) is 5.82 Å². The number of amides is 2. The van der Waals surface area contributed by atoms with E-state index in [2.05, 4.69) is 22.3 Å². The summed E-state index contributed by atoms with van der Waals surface area (Å²) in [4.78, 5) is 16.4. The third kappa shape index (κ3) is 4.55. The highest BCUT2D eigenvalue weighted by molar-refractivity contribution is 5.74. The zero-order chi connectivity index (χ0) is 16.8. The minimum atomic E-state index is -0.281. The molecule has 24 heavy (non-hydrogen) atoms. The standard InChI is InChI=1S/C19H22FN3O/c20-18-8-4-7-17(13-18)14-21-19(24)23-11-9-22(10-12-23)15-16-5-2-1-3-6-16/h1-8,13H,9-12,14-15H2,(H,21,24). The van der Waals surface area contributed by atoms with E-state index in [0.29, 0.717) is 19.6 Å². The van der Waals surface area contributed by atoms with Crippen LogP contribution in [0.4, 0.5) is 9.18 Å². The maximum Gasteiger partial charge on any atom is 0.317 e. The topological polar surface area (TPSA) is 35.6 Å². The summed E-state index contributed by atoms with van der Waals surface area (Å²) in [5, 5.41) is 2.86. The fraction of sp³-hybridized carbons (Fsp3) is 0.316. The Hall–Kier alpha value is -2.40. The highest BCUT2D eigenvalue weighted by Crippen LogP contribution is 2.09. The molecule has 1 saturated heterocycles. The van der Waals surface area contributed by atoms with Gasteiger partial charge in [-0.05, 0) is 23.3 Å². The lowest BCUT2D eigenvalue weighted by Gasteiger charge is -2.34. The molecule has 0 spiro atoms. The van der Waals surface area contributed by atoms with Crippen molar-refractivity contribution in [3.8, 4) is 0 Å². The Kier molecular flexibility index (Phi) is 5.43. The first-order valence-electron chi connectivity index (χ1n) is 8.24. The molecular weight excluding hydrogens is 305 g/mol. The van der Waals surface area contributed by atoms with Crippen molar-refractivity contribution in [2.24, 2.45) is 0 Å². The van der Waals surface area contributed by atoms with Gasteiger partial charge in [0.25, 0.3) is 0 Å². The van der Waals surface area contributed by atoms with Crippen LogP contribution in [-0.4, -0.2) is 42.0 Å². The summed E-state index contributed by atoms with van der Waals surface area (Å²) >= 11 is 0. The highest BCUT2D eigenvalue weighted by atomic mass is 19.1. The number of nitrogens with one attached hydrogen (secondary N) is 1. The number of nitrogens with zero attached hydrogens (tertiary/aromatic N) is 2. The number of carbonyl (C=O) groups excluding carboxylic acids is 1. The first-order chi connectivity index (χ1) is 11.7. The van der Waals surface area contributed by atoms with E-state index in [0.717, 1.165) is 25.2 Å². The molecular formula is C19H22FN3O. The lowest BCUT2D eigenvalue weighted by Crippen LogP contribution is -2.51. The molecule has 0 aromatic heterocycles. The smallest absolute Gasteiger partial charge is 0.317 e. The zero-order valence-electron chi connectivity index (χ0n) is 13.6. The van der Waals surface area contributed by atoms with Gasteiger partial charge in [0.1, 0.15) is 5.82 Å². The maximum absolute atomic E-state index is 13.1. The van der Waals surface area contributed by atoms with Gasteiger partial charge in [0.15, 0.2) is 0 Å². The first kappa shape index (κ1) is 16.5. The Balaban J connectivity index is 1.43. The third-order valence-electron chi connectivity index (χ3n) is 4.24. The van der Waals surface area contributed by atoms with Crippen LogP contribution in [0.5, 0.6) is 0 Å². The van der Waals surface area contributed by atoms with Crippen molar-refractivity contribution in [3.05, 3.63) is 71.5 Å². The number of piperazine rings is 1. The average Bonchev–Trinajstić information content (AvgIpc) is 2.61. The van der Waals surface area contributed by atoms with E-state index in [-0.39, 0.29) is 11.8 Å². The monoisotopic (exact) mass is 327 g/mol. The van der Waals surface area contributed by atoms with Crippen LogP contribution in [0.15, 0.2) is 54.6 Å². The van der Waals surface area contributed by atoms with E-state index in [1.807, 2.05) is 23.1 Å². The molecule has 126 valence electrons. The number of benzene rings is 2. The molecule has 2 aromatic carbocycles. The lowest BCUT2D eigenvalue weighted by molar-refractivity contribution is 0.135. The molecule has 1 aliphatic heterocycles. The molecule has 5 heteroatoms. The van der Waals surface area contributed by atoms with Crippen molar-refractivity contribution in [2.75, 3.05) is 26.2 Å². The largest absolute Gasteiger partial charge is 0.334 e. The summed E-state index contributed by atoms with van der Waals surface area (Å²) in [5.74, 6) is -0.281. The van der Waals surface area contributed by atoms with E-state index in [1.54, 1.807) is 12.1 Å². The van der Waals surface area contributed by atoms with Crippen LogP contribution in [0.3, 0.4) is 0 Å². The van der Waals surface area contributed by atoms with Crippen molar-refractivity contribution in [1.29, 1.82) is 0 Å². The van der Waals surface area contributed by atoms with Gasteiger partial charge in [-0.2, -0.15) is 0 Å². The van der Waals surface area contributed by atoms with Crippen LogP contribution < -0.4 is 5.32 Å². The number of hydrogen-bond donors (Lipinski definition) is 1. The molecule has 0 aliphatic carbocycles. The Labute approximate surface area is 141 Å². The lowest BCUT2D eigenvalue weighted by atomic mass is 10.2. The van der Waals surface area contributed by atoms with Crippen LogP contribution in [-0.2, 0) is 13.1 Å². The molecule has 0 atom stereocenters. The third-order valence-corrected chi connectivity index (χ3v) is 4.24. The van der Waals surface area contributed by atoms with Crippen LogP contribution in [0.1, 0.15) is 11.1 Å². The van der Waals surface area contributed by atoms with Gasteiger partial charge in [-0.25, -0.2) is 9.18 Å². The minimum absolute atomic E-state index is 0.0846. The molecule has 2 aromatic rings. The first-order valence-corrected chi connectivity index (χ1v) is 8.24. The van der Waals surface area contributed by atoms with E-state index in [9.17, 15) is 9.18 Å². The number of rotatable bonds is 4.